The van der Waals surface area contributed by atoms with E-state index >= 15 is 0 Å². The number of carbonyl (C=O) groups is 1. The first kappa shape index (κ1) is 18.4. The lowest BCUT2D eigenvalue weighted by Gasteiger charge is -2.28. The number of aromatic nitrogens is 1. The van der Waals surface area contributed by atoms with Crippen LogP contribution in [0, 0.1) is 24.7 Å². The van der Waals surface area contributed by atoms with Gasteiger partial charge >= 0.3 is 0 Å². The predicted molar refractivity (Wildman–Crippen MR) is 118 cm³/mol. The summed E-state index contributed by atoms with van der Waals surface area (Å²) in [4.78, 5) is 18.2. The molecule has 0 saturated heterocycles. The van der Waals surface area contributed by atoms with E-state index in [9.17, 15) is 4.79 Å². The molecule has 3 heteroatoms. The molecule has 0 unspecified atom stereocenters. The second-order valence-corrected chi connectivity index (χ2v) is 9.04. The Morgan fingerprint density at radius 1 is 1.07 bits per heavy atom. The summed E-state index contributed by atoms with van der Waals surface area (Å²) in [6, 6.07) is 18.4. The minimum Gasteiger partial charge on any atom is -0.349 e. The summed E-state index contributed by atoms with van der Waals surface area (Å²) >= 11 is 0. The number of pyridine rings is 1. The van der Waals surface area contributed by atoms with Gasteiger partial charge in [0.1, 0.15) is 0 Å². The average Bonchev–Trinajstić information content (AvgIpc) is 3.37. The van der Waals surface area contributed by atoms with Gasteiger partial charge in [0.25, 0.3) is 5.91 Å². The number of hydrogen-bond acceptors (Lipinski definition) is 2. The highest BCUT2D eigenvalue weighted by Gasteiger charge is 2.42. The lowest BCUT2D eigenvalue weighted by Crippen LogP contribution is -2.40. The lowest BCUT2D eigenvalue weighted by molar-refractivity contribution is 0.0917. The molecular weight excluding hydrogens is 356 g/mol. The van der Waals surface area contributed by atoms with Gasteiger partial charge in [-0.05, 0) is 63.0 Å². The van der Waals surface area contributed by atoms with Crippen LogP contribution in [0.3, 0.4) is 0 Å². The molecule has 2 fully saturated rings. The fraction of sp³-hybridized carbons (Fsp3) is 0.385. The number of amides is 1. The van der Waals surface area contributed by atoms with Gasteiger partial charge in [-0.3, -0.25) is 4.79 Å². The van der Waals surface area contributed by atoms with Gasteiger partial charge in [0.05, 0.1) is 16.8 Å². The van der Waals surface area contributed by atoms with E-state index < -0.39 is 0 Å². The van der Waals surface area contributed by atoms with Crippen LogP contribution in [0.2, 0.25) is 0 Å². The maximum atomic E-state index is 13.3. The zero-order chi connectivity index (χ0) is 20.0. The molecule has 0 radical (unpaired) electrons. The number of para-hydroxylation sites is 1. The molecule has 3 aromatic rings. The van der Waals surface area contributed by atoms with E-state index in [0.29, 0.717) is 5.92 Å². The average molecular weight is 385 g/mol. The number of benzene rings is 2. The molecule has 2 aliphatic carbocycles. The highest BCUT2D eigenvalue weighted by Crippen LogP contribution is 2.49. The van der Waals surface area contributed by atoms with Crippen molar-refractivity contribution in [1.82, 2.24) is 10.3 Å². The van der Waals surface area contributed by atoms with Crippen LogP contribution >= 0.6 is 0 Å². The Balaban J connectivity index is 1.47. The first-order chi connectivity index (χ1) is 14.1. The highest BCUT2D eigenvalue weighted by molar-refractivity contribution is 6.07. The van der Waals surface area contributed by atoms with Crippen molar-refractivity contribution in [2.45, 2.75) is 45.6 Å². The van der Waals surface area contributed by atoms with Crippen LogP contribution in [-0.4, -0.2) is 16.9 Å². The Hall–Kier alpha value is -2.68. The molecule has 3 nitrogen and oxygen atoms in total. The molecule has 4 atom stereocenters. The Morgan fingerprint density at radius 3 is 2.59 bits per heavy atom. The zero-order valence-corrected chi connectivity index (χ0v) is 17.2. The van der Waals surface area contributed by atoms with E-state index in [4.69, 9.17) is 4.98 Å². The maximum Gasteiger partial charge on any atom is 0.252 e. The first-order valence-corrected chi connectivity index (χ1v) is 10.9. The minimum atomic E-state index is 0.0206. The van der Waals surface area contributed by atoms with Crippen LogP contribution in [0.1, 0.15) is 48.5 Å². The van der Waals surface area contributed by atoms with E-state index in [1.165, 1.54) is 31.2 Å². The fourth-order valence-corrected chi connectivity index (χ4v) is 5.53. The normalized spacial score (nSPS) is 24.0. The Morgan fingerprint density at radius 2 is 1.86 bits per heavy atom. The number of hydrogen-bond donors (Lipinski definition) is 1. The largest absolute Gasteiger partial charge is 0.349 e. The van der Waals surface area contributed by atoms with E-state index in [-0.39, 0.29) is 11.9 Å². The topological polar surface area (TPSA) is 42.0 Å². The summed E-state index contributed by atoms with van der Waals surface area (Å²) in [5.74, 6) is 2.33. The molecule has 29 heavy (non-hydrogen) atoms. The summed E-state index contributed by atoms with van der Waals surface area (Å²) < 4.78 is 0. The van der Waals surface area contributed by atoms with E-state index in [2.05, 4.69) is 43.4 Å². The van der Waals surface area contributed by atoms with Gasteiger partial charge in [-0.25, -0.2) is 4.98 Å². The van der Waals surface area contributed by atoms with E-state index in [1.807, 2.05) is 30.3 Å². The van der Waals surface area contributed by atoms with Gasteiger partial charge < -0.3 is 5.32 Å². The van der Waals surface area contributed by atoms with Crippen molar-refractivity contribution in [1.29, 1.82) is 0 Å². The standard InChI is InChI=1S/C26H28N2O/c1-16-7-10-19(11-8-16)25-15-23(21-5-3-4-6-24(21)28-25)26(29)27-17(2)22-14-18-9-12-20(22)13-18/h3-8,10-11,15,17-18,20,22H,9,12-14H2,1-2H3,(H,27,29)/t17-,18+,20+,22+/m0/s1. The summed E-state index contributed by atoms with van der Waals surface area (Å²) in [6.07, 6.45) is 5.36. The molecule has 2 aromatic carbocycles. The quantitative estimate of drug-likeness (QED) is 0.621. The van der Waals surface area contributed by atoms with Crippen molar-refractivity contribution in [2.75, 3.05) is 0 Å². The smallest absolute Gasteiger partial charge is 0.252 e. The maximum absolute atomic E-state index is 13.3. The fourth-order valence-electron chi connectivity index (χ4n) is 5.53. The summed E-state index contributed by atoms with van der Waals surface area (Å²) in [6.45, 7) is 4.26. The van der Waals surface area contributed by atoms with Crippen LogP contribution in [0.25, 0.3) is 22.2 Å². The Kier molecular flexibility index (Phi) is 4.61. The molecule has 2 aliphatic rings. The van der Waals surface area contributed by atoms with Crippen LogP contribution in [0.4, 0.5) is 0 Å². The Labute approximate surface area is 172 Å². The van der Waals surface area contributed by atoms with Crippen molar-refractivity contribution in [2.24, 2.45) is 17.8 Å². The van der Waals surface area contributed by atoms with Gasteiger partial charge in [0.2, 0.25) is 0 Å². The molecule has 2 saturated carbocycles. The monoisotopic (exact) mass is 384 g/mol. The predicted octanol–water partition coefficient (Wildman–Crippen LogP) is 5.76. The number of carbonyl (C=O) groups excluding carboxylic acids is 1. The summed E-state index contributed by atoms with van der Waals surface area (Å²) in [5, 5.41) is 4.25. The second-order valence-electron chi connectivity index (χ2n) is 9.04. The van der Waals surface area contributed by atoms with Crippen LogP contribution in [-0.2, 0) is 0 Å². The molecule has 148 valence electrons. The third-order valence-corrected chi connectivity index (χ3v) is 7.10. The van der Waals surface area contributed by atoms with Gasteiger partial charge in [-0.2, -0.15) is 0 Å². The van der Waals surface area contributed by atoms with Crippen molar-refractivity contribution in [3.63, 3.8) is 0 Å². The van der Waals surface area contributed by atoms with Crippen LogP contribution in [0.5, 0.6) is 0 Å². The molecule has 2 bridgehead atoms. The van der Waals surface area contributed by atoms with Crippen molar-refractivity contribution in [3.05, 3.63) is 65.7 Å². The van der Waals surface area contributed by atoms with E-state index in [1.54, 1.807) is 0 Å². The van der Waals surface area contributed by atoms with Gasteiger partial charge in [-0.1, -0.05) is 54.4 Å². The van der Waals surface area contributed by atoms with Crippen molar-refractivity contribution < 1.29 is 4.79 Å². The number of rotatable bonds is 4. The minimum absolute atomic E-state index is 0.0206. The van der Waals surface area contributed by atoms with Crippen LogP contribution in [0.15, 0.2) is 54.6 Å². The van der Waals surface area contributed by atoms with Crippen LogP contribution < -0.4 is 5.32 Å². The lowest BCUT2D eigenvalue weighted by atomic mass is 9.84. The number of aryl methyl sites for hydroxylation is 1. The van der Waals surface area contributed by atoms with Gasteiger partial charge in [0, 0.05) is 17.0 Å². The summed E-state index contributed by atoms with van der Waals surface area (Å²) in [5.41, 5.74) is 4.69. The molecular formula is C26H28N2O. The summed E-state index contributed by atoms with van der Waals surface area (Å²) in [7, 11) is 0. The highest BCUT2D eigenvalue weighted by atomic mass is 16.1. The molecule has 5 rings (SSSR count). The third-order valence-electron chi connectivity index (χ3n) is 7.10. The second kappa shape index (κ2) is 7.29. The van der Waals surface area contributed by atoms with Gasteiger partial charge in [-0.15, -0.1) is 0 Å². The number of nitrogens with zero attached hydrogens (tertiary/aromatic N) is 1. The number of fused-ring (bicyclic) bond motifs is 3. The van der Waals surface area contributed by atoms with Crippen molar-refractivity contribution >= 4 is 16.8 Å². The molecule has 1 heterocycles. The molecule has 0 aliphatic heterocycles. The SMILES string of the molecule is Cc1ccc(-c2cc(C(=O)N[C@@H](C)[C@H]3C[C@@H]4CC[C@@H]3C4)c3ccccc3n2)cc1. The first-order valence-electron chi connectivity index (χ1n) is 10.9. The van der Waals surface area contributed by atoms with E-state index in [0.717, 1.165) is 39.6 Å². The van der Waals surface area contributed by atoms with Crippen molar-refractivity contribution in [3.8, 4) is 11.3 Å². The molecule has 1 N–H and O–H groups in total. The zero-order valence-electron chi connectivity index (χ0n) is 17.2. The molecule has 0 spiro atoms. The molecule has 1 amide bonds. The Bertz CT molecular complexity index is 1060. The third kappa shape index (κ3) is 3.43. The number of nitrogens with one attached hydrogen (secondary N) is 1. The van der Waals surface area contributed by atoms with Gasteiger partial charge in [0.15, 0.2) is 0 Å². The molecule has 1 aromatic heterocycles.